The second-order valence-electron chi connectivity index (χ2n) is 6.12. The molecule has 1 aromatic carbocycles. The van der Waals surface area contributed by atoms with Gasteiger partial charge in [-0.2, -0.15) is 13.2 Å². The lowest BCUT2D eigenvalue weighted by Crippen LogP contribution is -2.50. The molecule has 1 aromatic heterocycles. The average molecular weight is 412 g/mol. The molecule has 28 heavy (non-hydrogen) atoms. The van der Waals surface area contributed by atoms with Crippen molar-refractivity contribution in [1.29, 1.82) is 0 Å². The van der Waals surface area contributed by atoms with Crippen molar-refractivity contribution in [3.8, 4) is 11.3 Å². The van der Waals surface area contributed by atoms with Crippen molar-refractivity contribution in [2.75, 3.05) is 26.3 Å². The molecule has 0 spiro atoms. The largest absolute Gasteiger partial charge is 0.433 e. The number of hydrazine groups is 1. The summed E-state index contributed by atoms with van der Waals surface area (Å²) in [5.41, 5.74) is 2.41. The Bertz CT molecular complexity index is 814. The van der Waals surface area contributed by atoms with Crippen molar-refractivity contribution >= 4 is 17.7 Å². The monoisotopic (exact) mass is 412 g/mol. The molecule has 1 N–H and O–H groups in total. The average Bonchev–Trinajstić information content (AvgIpc) is 2.68. The Morgan fingerprint density at radius 2 is 1.89 bits per heavy atom. The van der Waals surface area contributed by atoms with Crippen molar-refractivity contribution in [2.45, 2.75) is 23.5 Å². The van der Waals surface area contributed by atoms with E-state index in [4.69, 9.17) is 4.74 Å². The van der Waals surface area contributed by atoms with Crippen LogP contribution in [0.25, 0.3) is 11.3 Å². The van der Waals surface area contributed by atoms with Gasteiger partial charge < -0.3 is 4.74 Å². The van der Waals surface area contributed by atoms with E-state index < -0.39 is 17.1 Å². The van der Waals surface area contributed by atoms with Crippen LogP contribution in [0.15, 0.2) is 41.6 Å². The fourth-order valence-electron chi connectivity index (χ4n) is 2.51. The number of halogens is 3. The molecule has 1 aliphatic rings. The van der Waals surface area contributed by atoms with Gasteiger partial charge in [0.1, 0.15) is 5.69 Å². The summed E-state index contributed by atoms with van der Waals surface area (Å²) in [7, 11) is 0. The van der Waals surface area contributed by atoms with E-state index in [1.54, 1.807) is 42.3 Å². The molecule has 1 amide bonds. The van der Waals surface area contributed by atoms with Crippen LogP contribution in [0.1, 0.15) is 12.6 Å². The van der Waals surface area contributed by atoms with Crippen molar-refractivity contribution < 1.29 is 22.7 Å². The van der Waals surface area contributed by atoms with Crippen LogP contribution in [0.3, 0.4) is 0 Å². The second-order valence-corrected chi connectivity index (χ2v) is 7.43. The van der Waals surface area contributed by atoms with E-state index >= 15 is 0 Å². The fraction of sp³-hybridized carbons (Fsp3) is 0.389. The number of nitrogens with one attached hydrogen (secondary N) is 1. The molecule has 0 radical (unpaired) electrons. The first-order valence-corrected chi connectivity index (χ1v) is 9.52. The van der Waals surface area contributed by atoms with E-state index in [0.29, 0.717) is 31.9 Å². The lowest BCUT2D eigenvalue weighted by atomic mass is 10.1. The third kappa shape index (κ3) is 5.43. The smallest absolute Gasteiger partial charge is 0.379 e. The summed E-state index contributed by atoms with van der Waals surface area (Å²) in [5.74, 6) is -0.325. The van der Waals surface area contributed by atoms with Crippen LogP contribution in [0, 0.1) is 0 Å². The van der Waals surface area contributed by atoms with Gasteiger partial charge in [0.2, 0.25) is 5.91 Å². The molecule has 6 nitrogen and oxygen atoms in total. The summed E-state index contributed by atoms with van der Waals surface area (Å²) in [6, 6.07) is 9.46. The quantitative estimate of drug-likeness (QED) is 0.602. The Morgan fingerprint density at radius 3 is 2.54 bits per heavy atom. The van der Waals surface area contributed by atoms with Gasteiger partial charge in [-0.15, -0.1) is 0 Å². The molecule has 150 valence electrons. The lowest BCUT2D eigenvalue weighted by Gasteiger charge is -2.27. The molecule has 3 rings (SSSR count). The van der Waals surface area contributed by atoms with Crippen LogP contribution in [0.5, 0.6) is 0 Å². The molecule has 1 aliphatic heterocycles. The van der Waals surface area contributed by atoms with E-state index in [-0.39, 0.29) is 16.8 Å². The molecule has 2 aromatic rings. The van der Waals surface area contributed by atoms with E-state index in [1.165, 1.54) is 0 Å². The molecule has 1 saturated heterocycles. The van der Waals surface area contributed by atoms with Gasteiger partial charge in [0.25, 0.3) is 0 Å². The Hall–Kier alpha value is -2.17. The van der Waals surface area contributed by atoms with Crippen molar-refractivity contribution in [1.82, 2.24) is 20.4 Å². The number of ether oxygens (including phenoxy) is 1. The van der Waals surface area contributed by atoms with Gasteiger partial charge in [-0.3, -0.25) is 10.2 Å². The number of amides is 1. The molecule has 2 heterocycles. The predicted molar refractivity (Wildman–Crippen MR) is 98.3 cm³/mol. The number of carbonyl (C=O) groups is 1. The van der Waals surface area contributed by atoms with E-state index in [9.17, 15) is 18.0 Å². The zero-order valence-corrected chi connectivity index (χ0v) is 15.9. The predicted octanol–water partition coefficient (Wildman–Crippen LogP) is 3.01. The van der Waals surface area contributed by atoms with Gasteiger partial charge >= 0.3 is 6.18 Å². The molecular weight excluding hydrogens is 393 g/mol. The molecule has 0 unspecified atom stereocenters. The molecule has 0 saturated carbocycles. The number of hydrogen-bond donors (Lipinski definition) is 1. The Labute approximate surface area is 164 Å². The van der Waals surface area contributed by atoms with Crippen LogP contribution in [0.4, 0.5) is 13.2 Å². The number of aromatic nitrogens is 2. The Balaban J connectivity index is 1.79. The highest BCUT2D eigenvalue weighted by molar-refractivity contribution is 8.00. The standard InChI is InChI=1S/C18H19F3N4O2S/c1-12(16(26)24-25-7-9-27-10-8-25)28-17-22-14(13-5-3-2-4-6-13)11-15(23-17)18(19,20)21/h2-6,11-12H,7-10H2,1H3,(H,24,26)/t12-/m1/s1. The lowest BCUT2D eigenvalue weighted by molar-refractivity contribution is -0.141. The number of morpholine rings is 1. The zero-order chi connectivity index (χ0) is 20.1. The minimum absolute atomic E-state index is 0.0988. The Kier molecular flexibility index (Phi) is 6.53. The third-order valence-corrected chi connectivity index (χ3v) is 4.96. The van der Waals surface area contributed by atoms with Crippen molar-refractivity contribution in [2.24, 2.45) is 0 Å². The molecular formula is C18H19F3N4O2S. The zero-order valence-electron chi connectivity index (χ0n) is 15.1. The van der Waals surface area contributed by atoms with Crippen LogP contribution in [0.2, 0.25) is 0 Å². The SMILES string of the molecule is C[C@@H](Sc1nc(-c2ccccc2)cc(C(F)(F)F)n1)C(=O)NN1CCOCC1. The number of rotatable bonds is 5. The van der Waals surface area contributed by atoms with Crippen LogP contribution >= 0.6 is 11.8 Å². The van der Waals surface area contributed by atoms with Gasteiger partial charge in [-0.05, 0) is 13.0 Å². The number of alkyl halides is 3. The molecule has 10 heteroatoms. The normalized spacial score (nSPS) is 16.6. The number of hydrogen-bond acceptors (Lipinski definition) is 6. The van der Waals surface area contributed by atoms with E-state index in [2.05, 4.69) is 15.4 Å². The van der Waals surface area contributed by atoms with Crippen LogP contribution in [-0.4, -0.2) is 52.4 Å². The summed E-state index contributed by atoms with van der Waals surface area (Å²) >= 11 is 0.887. The molecule has 1 fully saturated rings. The summed E-state index contributed by atoms with van der Waals surface area (Å²) in [6.45, 7) is 3.74. The maximum absolute atomic E-state index is 13.3. The van der Waals surface area contributed by atoms with E-state index in [0.717, 1.165) is 17.8 Å². The van der Waals surface area contributed by atoms with Crippen LogP contribution in [-0.2, 0) is 15.7 Å². The summed E-state index contributed by atoms with van der Waals surface area (Å²) in [5, 5.41) is 0.957. The minimum Gasteiger partial charge on any atom is -0.379 e. The van der Waals surface area contributed by atoms with Gasteiger partial charge in [-0.25, -0.2) is 15.0 Å². The minimum atomic E-state index is -4.61. The molecule has 0 bridgehead atoms. The highest BCUT2D eigenvalue weighted by atomic mass is 32.2. The van der Waals surface area contributed by atoms with Gasteiger partial charge in [0, 0.05) is 18.7 Å². The van der Waals surface area contributed by atoms with Gasteiger partial charge in [0.05, 0.1) is 24.2 Å². The van der Waals surface area contributed by atoms with Gasteiger partial charge in [0.15, 0.2) is 5.16 Å². The fourth-order valence-corrected chi connectivity index (χ4v) is 3.29. The maximum atomic E-state index is 13.3. The first-order chi connectivity index (χ1) is 13.3. The van der Waals surface area contributed by atoms with E-state index in [1.807, 2.05) is 0 Å². The van der Waals surface area contributed by atoms with Gasteiger partial charge in [-0.1, -0.05) is 42.1 Å². The Morgan fingerprint density at radius 1 is 1.21 bits per heavy atom. The summed E-state index contributed by atoms with van der Waals surface area (Å²) in [6.07, 6.45) is -4.61. The van der Waals surface area contributed by atoms with Crippen molar-refractivity contribution in [3.63, 3.8) is 0 Å². The first-order valence-electron chi connectivity index (χ1n) is 8.64. The number of carbonyl (C=O) groups excluding carboxylic acids is 1. The second kappa shape index (κ2) is 8.89. The van der Waals surface area contributed by atoms with Crippen LogP contribution < -0.4 is 5.43 Å². The van der Waals surface area contributed by atoms with Crippen molar-refractivity contribution in [3.05, 3.63) is 42.1 Å². The highest BCUT2D eigenvalue weighted by Gasteiger charge is 2.34. The summed E-state index contributed by atoms with van der Waals surface area (Å²) < 4.78 is 45.0. The number of thioether (sulfide) groups is 1. The maximum Gasteiger partial charge on any atom is 0.433 e. The molecule has 1 atom stereocenters. The third-order valence-electron chi connectivity index (χ3n) is 4.00. The number of benzene rings is 1. The molecule has 0 aliphatic carbocycles. The first kappa shape index (κ1) is 20.6. The number of nitrogens with zero attached hydrogens (tertiary/aromatic N) is 3. The topological polar surface area (TPSA) is 67.4 Å². The summed E-state index contributed by atoms with van der Waals surface area (Å²) in [4.78, 5) is 20.2. The highest BCUT2D eigenvalue weighted by Crippen LogP contribution is 2.32.